The van der Waals surface area contributed by atoms with E-state index in [1.807, 2.05) is 0 Å². The van der Waals surface area contributed by atoms with Crippen molar-refractivity contribution in [2.75, 3.05) is 0 Å². The second-order valence-corrected chi connectivity index (χ2v) is 24.4. The second-order valence-electron chi connectivity index (χ2n) is 19.3. The van der Waals surface area contributed by atoms with Crippen molar-refractivity contribution < 1.29 is 46.2 Å². The van der Waals surface area contributed by atoms with Crippen LogP contribution in [0.2, 0.25) is 0 Å². The summed E-state index contributed by atoms with van der Waals surface area (Å²) in [4.78, 5) is 2.95. The number of benzene rings is 2. The molecule has 0 bridgehead atoms. The lowest BCUT2D eigenvalue weighted by atomic mass is 9.68. The molecule has 4 aliphatic heterocycles. The van der Waals surface area contributed by atoms with Crippen molar-refractivity contribution in [3.05, 3.63) is 103 Å². The van der Waals surface area contributed by atoms with E-state index in [4.69, 9.17) is 0 Å². The summed E-state index contributed by atoms with van der Waals surface area (Å²) in [6.45, 7) is 16.8. The van der Waals surface area contributed by atoms with Crippen LogP contribution in [0.3, 0.4) is 0 Å². The van der Waals surface area contributed by atoms with Crippen LogP contribution in [0.1, 0.15) is 90.1 Å². The Hall–Kier alpha value is -3.94. The molecule has 8 nitrogen and oxygen atoms in total. The van der Waals surface area contributed by atoms with E-state index in [1.165, 1.54) is 34.8 Å². The van der Waals surface area contributed by atoms with Crippen LogP contribution < -0.4 is 0 Å². The van der Waals surface area contributed by atoms with E-state index in [0.717, 1.165) is 23.5 Å². The average Bonchev–Trinajstić information content (AvgIpc) is 4.03. The first-order valence-corrected chi connectivity index (χ1v) is 23.3. The van der Waals surface area contributed by atoms with Crippen molar-refractivity contribution in [2.24, 2.45) is 0 Å². The zero-order valence-corrected chi connectivity index (χ0v) is 38.9. The molecule has 6 heterocycles. The van der Waals surface area contributed by atoms with Crippen molar-refractivity contribution in [3.8, 4) is 20.9 Å². The van der Waals surface area contributed by atoms with Gasteiger partial charge < -0.3 is 10.4 Å². The third-order valence-electron chi connectivity index (χ3n) is 15.2. The number of fused-ring (bicyclic) bond motifs is 8. The maximum absolute atomic E-state index is 16.4. The van der Waals surface area contributed by atoms with Gasteiger partial charge in [0.1, 0.15) is 20.8 Å². The molecule has 10 rings (SSSR count). The number of alkyl halides is 6. The van der Waals surface area contributed by atoms with E-state index in [2.05, 4.69) is 0 Å². The molecule has 2 atom stereocenters. The number of thioether (sulfide) groups is 2. The highest BCUT2D eigenvalue weighted by Crippen LogP contribution is 2.78. The molecular formula is C45H40F6N4O4S4. The highest BCUT2D eigenvalue weighted by molar-refractivity contribution is 8.06. The molecule has 0 saturated heterocycles. The molecule has 1 saturated carbocycles. The summed E-state index contributed by atoms with van der Waals surface area (Å²) >= 11 is 4.68. The van der Waals surface area contributed by atoms with Crippen LogP contribution in [-0.4, -0.2) is 80.7 Å². The Balaban J connectivity index is 1.08. The van der Waals surface area contributed by atoms with Gasteiger partial charge in [0.2, 0.25) is 0 Å². The highest BCUT2D eigenvalue weighted by atomic mass is 32.2. The van der Waals surface area contributed by atoms with Crippen LogP contribution in [0.25, 0.3) is 32.0 Å². The lowest BCUT2D eigenvalue weighted by molar-refractivity contribution is -0.539. The van der Waals surface area contributed by atoms with Crippen LogP contribution in [0.15, 0.2) is 81.6 Å². The number of hydroxylamine groups is 6. The van der Waals surface area contributed by atoms with Crippen LogP contribution in [0, 0.1) is 10.4 Å². The van der Waals surface area contributed by atoms with Crippen LogP contribution >= 0.6 is 46.2 Å². The molecule has 6 aliphatic rings. The lowest BCUT2D eigenvalue weighted by Crippen LogP contribution is -2.53. The topological polar surface area (TPSA) is 98.4 Å². The number of amidine groups is 2. The Labute approximate surface area is 376 Å². The average molecular weight is 943 g/mol. The van der Waals surface area contributed by atoms with Crippen molar-refractivity contribution >= 4 is 69.0 Å². The molecule has 2 aliphatic carbocycles. The van der Waals surface area contributed by atoms with E-state index in [-0.39, 0.29) is 33.9 Å². The molecule has 4 aromatic rings. The fourth-order valence-electron chi connectivity index (χ4n) is 9.64. The minimum absolute atomic E-state index is 0.0452. The molecular weight excluding hydrogens is 903 g/mol. The first-order chi connectivity index (χ1) is 28.9. The van der Waals surface area contributed by atoms with Gasteiger partial charge in [-0.15, -0.1) is 46.2 Å². The van der Waals surface area contributed by atoms with E-state index < -0.39 is 60.6 Å². The molecule has 0 unspecified atom stereocenters. The molecule has 18 heteroatoms. The summed E-state index contributed by atoms with van der Waals surface area (Å²) < 4.78 is 95.6. The Morgan fingerprint density at radius 3 is 1.14 bits per heavy atom. The summed E-state index contributed by atoms with van der Waals surface area (Å²) in [6, 6.07) is 16.4. The molecule has 2 aromatic heterocycles. The van der Waals surface area contributed by atoms with Gasteiger partial charge in [-0.1, -0.05) is 34.4 Å². The standard InChI is InChI=1S/C45H40F6N4O4S4/c1-37(2)38(3,4)53(57)35(52(37)56)27-17-15-25(60-27)21-11-13-23-29(19-21)62-41(9)31(23)33-34(44(48,49)45(50,51)43(33,46)47)32-24-14-12-22(20-30(24)63-42(32,41)10)26-16-18-28(61-26)36-54(58)39(5,6)40(7,8)55(36)59/h11-20H,1-10H3/t41-,42-/m1/s1. The second kappa shape index (κ2) is 12.3. The fraction of sp³-hybridized carbons (Fsp3) is 0.422. The quantitative estimate of drug-likeness (QED) is 0.115. The third-order valence-corrected chi connectivity index (χ3v) is 20.7. The number of halogens is 6. The summed E-state index contributed by atoms with van der Waals surface area (Å²) in [5, 5.41) is 55.1. The number of hydrogen-bond donors (Lipinski definition) is 0. The summed E-state index contributed by atoms with van der Waals surface area (Å²) in [7, 11) is 0. The van der Waals surface area contributed by atoms with E-state index in [9.17, 15) is 20.8 Å². The Kier molecular flexibility index (Phi) is 8.38. The number of hydrogen-bond acceptors (Lipinski definition) is 8. The van der Waals surface area contributed by atoms with Crippen LogP contribution in [0.5, 0.6) is 0 Å². The van der Waals surface area contributed by atoms with Crippen molar-refractivity contribution in [1.29, 1.82) is 0 Å². The van der Waals surface area contributed by atoms with Gasteiger partial charge in [0.05, 0.1) is 9.49 Å². The van der Waals surface area contributed by atoms with Crippen molar-refractivity contribution in [1.82, 2.24) is 10.1 Å². The first kappa shape index (κ1) is 43.0. The molecule has 0 N–H and O–H groups in total. The molecule has 0 amide bonds. The Morgan fingerprint density at radius 1 is 0.492 bits per heavy atom. The van der Waals surface area contributed by atoms with Crippen molar-refractivity contribution in [3.63, 3.8) is 0 Å². The maximum Gasteiger partial charge on any atom is 0.380 e. The van der Waals surface area contributed by atoms with Gasteiger partial charge in [-0.25, -0.2) is 0 Å². The van der Waals surface area contributed by atoms with E-state index >= 15 is 26.3 Å². The summed E-state index contributed by atoms with van der Waals surface area (Å²) in [5.41, 5.74) is -5.97. The van der Waals surface area contributed by atoms with Gasteiger partial charge in [-0.3, -0.25) is 9.48 Å². The smallest absolute Gasteiger partial charge is 0.380 e. The fourth-order valence-corrected chi connectivity index (χ4v) is 14.9. The lowest BCUT2D eigenvalue weighted by Gasteiger charge is -2.47. The normalized spacial score (nSPS) is 28.5. The number of nitrogens with zero attached hydrogens (tertiary/aromatic N) is 4. The molecule has 1 fully saturated rings. The predicted octanol–water partition coefficient (Wildman–Crippen LogP) is 12.0. The van der Waals surface area contributed by atoms with Crippen molar-refractivity contribution in [2.45, 2.75) is 128 Å². The van der Waals surface area contributed by atoms with E-state index in [0.29, 0.717) is 60.0 Å². The number of allylic oxidation sites excluding steroid dienone is 2. The SMILES string of the molecule is CC1(C)N([O])C(c2ccc(-c3ccc4c(c3)S[C@]3(C)C4=C4C(=C5c6ccc(-c7ccc(C8=[N+]([O-])C(C)(C)C(C)(C)N8[O])s7)cc6S[C@]53C)C(F)(F)C(F)(F)C4(F)F)s2)=[N+]([O-])C1(C)C. The largest absolute Gasteiger partial charge is 0.714 e. The van der Waals surface area contributed by atoms with Crippen LogP contribution in [-0.2, 0) is 10.4 Å². The zero-order valence-electron chi connectivity index (χ0n) is 35.6. The van der Waals surface area contributed by atoms with Gasteiger partial charge in [-0.05, 0) is 139 Å². The summed E-state index contributed by atoms with van der Waals surface area (Å²) in [6.07, 6.45) is 0. The molecule has 330 valence electrons. The van der Waals surface area contributed by atoms with Gasteiger partial charge in [0.15, 0.2) is 11.1 Å². The van der Waals surface area contributed by atoms with Gasteiger partial charge in [-0.2, -0.15) is 26.3 Å². The Bertz CT molecular complexity index is 2720. The number of rotatable bonds is 4. The predicted molar refractivity (Wildman–Crippen MR) is 234 cm³/mol. The molecule has 0 spiro atoms. The first-order valence-electron chi connectivity index (χ1n) is 20.1. The number of thiophene rings is 2. The molecule has 2 radical (unpaired) electrons. The van der Waals surface area contributed by atoms with Gasteiger partial charge in [0, 0.05) is 41.1 Å². The van der Waals surface area contributed by atoms with Crippen LogP contribution in [0.4, 0.5) is 26.3 Å². The van der Waals surface area contributed by atoms with Gasteiger partial charge >= 0.3 is 29.4 Å². The molecule has 63 heavy (non-hydrogen) atoms. The minimum Gasteiger partial charge on any atom is -0.714 e. The Morgan fingerprint density at radius 2 is 0.825 bits per heavy atom. The third kappa shape index (κ3) is 4.80. The maximum atomic E-state index is 16.4. The summed E-state index contributed by atoms with van der Waals surface area (Å²) in [5.74, 6) is -16.3. The van der Waals surface area contributed by atoms with Gasteiger partial charge in [0.25, 0.3) is 0 Å². The zero-order chi connectivity index (χ0) is 45.9. The highest BCUT2D eigenvalue weighted by Gasteiger charge is 2.85. The molecule has 2 aromatic carbocycles. The monoisotopic (exact) mass is 942 g/mol. The van der Waals surface area contributed by atoms with E-state index in [1.54, 1.807) is 118 Å². The minimum atomic E-state index is -5.74.